The predicted octanol–water partition coefficient (Wildman–Crippen LogP) is 5.77. The molecule has 0 unspecified atom stereocenters. The van der Waals surface area contributed by atoms with Gasteiger partial charge < -0.3 is 15.0 Å². The number of methoxy groups -OCH3 is 1. The van der Waals surface area contributed by atoms with Crippen LogP contribution < -0.4 is 15.0 Å². The minimum Gasteiger partial charge on any atom is -0.497 e. The van der Waals surface area contributed by atoms with Crippen molar-refractivity contribution in [2.75, 3.05) is 37.5 Å². The zero-order valence-electron chi connectivity index (χ0n) is 19.7. The van der Waals surface area contributed by atoms with Gasteiger partial charge in [-0.2, -0.15) is 5.26 Å². The van der Waals surface area contributed by atoms with Crippen LogP contribution in [0.15, 0.2) is 56.2 Å². The Morgan fingerprint density at radius 2 is 2.00 bits per heavy atom. The van der Waals surface area contributed by atoms with E-state index < -0.39 is 0 Å². The van der Waals surface area contributed by atoms with Gasteiger partial charge in [-0.05, 0) is 55.4 Å². The third kappa shape index (κ3) is 4.61. The summed E-state index contributed by atoms with van der Waals surface area (Å²) in [6.07, 6.45) is 1.85. The van der Waals surface area contributed by atoms with Crippen LogP contribution in [0.25, 0.3) is 0 Å². The van der Waals surface area contributed by atoms with Gasteiger partial charge in [0.05, 0.1) is 40.8 Å². The predicted molar refractivity (Wildman–Crippen MR) is 141 cm³/mol. The van der Waals surface area contributed by atoms with Gasteiger partial charge in [0.15, 0.2) is 5.17 Å². The lowest BCUT2D eigenvalue weighted by Gasteiger charge is -2.17. The number of thioether (sulfide) groups is 2. The summed E-state index contributed by atoms with van der Waals surface area (Å²) in [5.74, 6) is 0.746. The normalized spacial score (nSPS) is 18.4. The first kappa shape index (κ1) is 24.0. The second kappa shape index (κ2) is 10.5. The number of carbonyl (C=O) groups is 1. The highest BCUT2D eigenvalue weighted by molar-refractivity contribution is 8.19. The zero-order chi connectivity index (χ0) is 24.2. The molecule has 0 atom stereocenters. The summed E-state index contributed by atoms with van der Waals surface area (Å²) in [5.41, 5.74) is 3.04. The SMILES string of the molecule is CCCCN1C(=O)C(=C2Sc3ccc(OC)cc3N2C)SC1=Nc1cc(C#N)ccc1NCC. The summed E-state index contributed by atoms with van der Waals surface area (Å²) in [6.45, 7) is 5.45. The summed E-state index contributed by atoms with van der Waals surface area (Å²) >= 11 is 2.98. The molecule has 0 radical (unpaired) electrons. The minimum atomic E-state index is -0.0345. The third-order valence-corrected chi connectivity index (χ3v) is 7.97. The standard InChI is InChI=1S/C25H27N5O2S2/c1-5-7-12-30-23(31)22(24-29(3)20-14-17(32-4)9-11-21(20)33-24)34-25(30)28-19-13-16(15-26)8-10-18(19)27-6-2/h8-11,13-14,27H,5-7,12H2,1-4H3. The molecule has 4 rings (SSSR count). The van der Waals surface area contributed by atoms with E-state index in [9.17, 15) is 10.1 Å². The van der Waals surface area contributed by atoms with Gasteiger partial charge in [-0.3, -0.25) is 9.69 Å². The van der Waals surface area contributed by atoms with Crippen LogP contribution >= 0.6 is 23.5 Å². The molecule has 0 aliphatic carbocycles. The molecule has 1 saturated heterocycles. The Morgan fingerprint density at radius 3 is 2.71 bits per heavy atom. The van der Waals surface area contributed by atoms with Crippen molar-refractivity contribution < 1.29 is 9.53 Å². The van der Waals surface area contributed by atoms with E-state index in [1.54, 1.807) is 35.9 Å². The highest BCUT2D eigenvalue weighted by atomic mass is 32.2. The minimum absolute atomic E-state index is 0.0345. The van der Waals surface area contributed by atoms with Crippen LogP contribution in [0.4, 0.5) is 17.1 Å². The van der Waals surface area contributed by atoms with Crippen LogP contribution in [0.2, 0.25) is 0 Å². The molecule has 0 bridgehead atoms. The average molecular weight is 494 g/mol. The molecule has 2 aliphatic rings. The van der Waals surface area contributed by atoms with Crippen molar-refractivity contribution in [3.05, 3.63) is 51.9 Å². The first-order valence-electron chi connectivity index (χ1n) is 11.2. The van der Waals surface area contributed by atoms with Crippen molar-refractivity contribution in [1.29, 1.82) is 5.26 Å². The highest BCUT2D eigenvalue weighted by Crippen LogP contribution is 2.51. The lowest BCUT2D eigenvalue weighted by molar-refractivity contribution is -0.122. The van der Waals surface area contributed by atoms with Crippen LogP contribution in [-0.2, 0) is 4.79 Å². The summed E-state index contributed by atoms with van der Waals surface area (Å²) < 4.78 is 5.38. The van der Waals surface area contributed by atoms with Crippen LogP contribution in [0.3, 0.4) is 0 Å². The number of unbranched alkanes of at least 4 members (excludes halogenated alkanes) is 1. The van der Waals surface area contributed by atoms with Crippen molar-refractivity contribution in [3.63, 3.8) is 0 Å². The molecule has 0 aromatic heterocycles. The van der Waals surface area contributed by atoms with Crippen molar-refractivity contribution in [1.82, 2.24) is 4.90 Å². The van der Waals surface area contributed by atoms with E-state index in [0.29, 0.717) is 27.9 Å². The molecular weight excluding hydrogens is 466 g/mol. The van der Waals surface area contributed by atoms with Gasteiger partial charge in [0.2, 0.25) is 0 Å². The van der Waals surface area contributed by atoms with Gasteiger partial charge in [0.1, 0.15) is 10.7 Å². The largest absolute Gasteiger partial charge is 0.497 e. The Morgan fingerprint density at radius 1 is 1.18 bits per heavy atom. The zero-order valence-corrected chi connectivity index (χ0v) is 21.3. The first-order chi connectivity index (χ1) is 16.5. The van der Waals surface area contributed by atoms with Gasteiger partial charge in [-0.15, -0.1) is 0 Å². The Labute approximate surface area is 208 Å². The quantitative estimate of drug-likeness (QED) is 0.490. The molecule has 176 valence electrons. The molecule has 2 aliphatic heterocycles. The van der Waals surface area contributed by atoms with Crippen molar-refractivity contribution in [2.24, 2.45) is 4.99 Å². The molecule has 1 fully saturated rings. The number of nitrogens with zero attached hydrogens (tertiary/aromatic N) is 4. The molecular formula is C25H27N5O2S2. The average Bonchev–Trinajstić information content (AvgIpc) is 3.34. The number of nitriles is 1. The second-order valence-corrected chi connectivity index (χ2v) is 9.82. The summed E-state index contributed by atoms with van der Waals surface area (Å²) in [5, 5.41) is 14.2. The van der Waals surface area contributed by atoms with Crippen LogP contribution in [-0.4, -0.2) is 43.2 Å². The third-order valence-electron chi connectivity index (χ3n) is 5.54. The van der Waals surface area contributed by atoms with Gasteiger partial charge in [0.25, 0.3) is 5.91 Å². The summed E-state index contributed by atoms with van der Waals surface area (Å²) in [6, 6.07) is 13.5. The molecule has 0 spiro atoms. The van der Waals surface area contributed by atoms with E-state index in [0.717, 1.165) is 46.4 Å². The van der Waals surface area contributed by atoms with Crippen LogP contribution in [0, 0.1) is 11.3 Å². The van der Waals surface area contributed by atoms with E-state index >= 15 is 0 Å². The highest BCUT2D eigenvalue weighted by Gasteiger charge is 2.39. The number of benzene rings is 2. The molecule has 9 heteroatoms. The van der Waals surface area contributed by atoms with Crippen molar-refractivity contribution in [2.45, 2.75) is 31.6 Å². The molecule has 1 N–H and O–H groups in total. The van der Waals surface area contributed by atoms with E-state index in [2.05, 4.69) is 18.3 Å². The first-order valence-corrected chi connectivity index (χ1v) is 12.8. The Bertz CT molecular complexity index is 1220. The number of hydrogen-bond acceptors (Lipinski definition) is 8. The van der Waals surface area contributed by atoms with Crippen LogP contribution in [0.5, 0.6) is 5.75 Å². The molecule has 2 heterocycles. The Kier molecular flexibility index (Phi) is 7.39. The van der Waals surface area contributed by atoms with Crippen molar-refractivity contribution in [3.8, 4) is 11.8 Å². The lowest BCUT2D eigenvalue weighted by atomic mass is 10.2. The topological polar surface area (TPSA) is 81.0 Å². The fraction of sp³-hybridized carbons (Fsp3) is 0.320. The molecule has 2 aromatic carbocycles. The molecule has 1 amide bonds. The van der Waals surface area contributed by atoms with Crippen molar-refractivity contribution >= 4 is 51.7 Å². The molecule has 0 saturated carbocycles. The van der Waals surface area contributed by atoms with E-state index in [1.165, 1.54) is 11.8 Å². The molecule has 2 aromatic rings. The number of aliphatic imine (C=N–C) groups is 1. The van der Waals surface area contributed by atoms with Gasteiger partial charge in [0, 0.05) is 31.1 Å². The van der Waals surface area contributed by atoms with Gasteiger partial charge >= 0.3 is 0 Å². The number of anilines is 2. The number of amides is 1. The Balaban J connectivity index is 1.76. The maximum Gasteiger partial charge on any atom is 0.269 e. The van der Waals surface area contributed by atoms with Crippen LogP contribution in [0.1, 0.15) is 32.3 Å². The fourth-order valence-electron chi connectivity index (χ4n) is 3.72. The molecule has 7 nitrogen and oxygen atoms in total. The maximum atomic E-state index is 13.6. The van der Waals surface area contributed by atoms with E-state index in [4.69, 9.17) is 9.73 Å². The number of nitrogens with one attached hydrogen (secondary N) is 1. The number of ether oxygens (including phenoxy) is 1. The molecule has 34 heavy (non-hydrogen) atoms. The number of hydrogen-bond donors (Lipinski definition) is 1. The summed E-state index contributed by atoms with van der Waals surface area (Å²) in [4.78, 5) is 24.0. The van der Waals surface area contributed by atoms with Gasteiger partial charge in [-0.1, -0.05) is 25.1 Å². The maximum absolute atomic E-state index is 13.6. The monoisotopic (exact) mass is 493 g/mol. The second-order valence-electron chi connectivity index (χ2n) is 7.81. The van der Waals surface area contributed by atoms with E-state index in [1.807, 2.05) is 43.1 Å². The number of carbonyl (C=O) groups excluding carboxylic acids is 1. The number of rotatable bonds is 7. The lowest BCUT2D eigenvalue weighted by Crippen LogP contribution is -2.30. The van der Waals surface area contributed by atoms with E-state index in [-0.39, 0.29) is 5.91 Å². The van der Waals surface area contributed by atoms with Gasteiger partial charge in [-0.25, -0.2) is 4.99 Å². The number of fused-ring (bicyclic) bond motifs is 1. The Hall–Kier alpha value is -3.09. The number of amidine groups is 1. The fourth-order valence-corrected chi connectivity index (χ4v) is 6.06. The smallest absolute Gasteiger partial charge is 0.269 e. The summed E-state index contributed by atoms with van der Waals surface area (Å²) in [7, 11) is 3.62.